The van der Waals surface area contributed by atoms with Crippen LogP contribution in [0, 0.1) is 5.82 Å². The number of halogens is 1. The van der Waals surface area contributed by atoms with Gasteiger partial charge in [-0.25, -0.2) is 4.39 Å². The van der Waals surface area contributed by atoms with Crippen LogP contribution in [0.1, 0.15) is 17.4 Å². The van der Waals surface area contributed by atoms with E-state index >= 15 is 0 Å². The van der Waals surface area contributed by atoms with Gasteiger partial charge in [-0.2, -0.15) is 0 Å². The van der Waals surface area contributed by atoms with Gasteiger partial charge < -0.3 is 9.84 Å². The SMILES string of the molecule is OC(C1=CCCO1)c1cc2cc(F)ccc2s1. The van der Waals surface area contributed by atoms with Gasteiger partial charge in [-0.15, -0.1) is 11.3 Å². The van der Waals surface area contributed by atoms with E-state index in [4.69, 9.17) is 4.74 Å². The minimum absolute atomic E-state index is 0.257. The first kappa shape index (κ1) is 10.7. The second kappa shape index (κ2) is 4.13. The van der Waals surface area contributed by atoms with Gasteiger partial charge in [0.1, 0.15) is 17.7 Å². The topological polar surface area (TPSA) is 29.5 Å². The summed E-state index contributed by atoms with van der Waals surface area (Å²) in [5.74, 6) is 0.352. The molecule has 0 fully saturated rings. The Morgan fingerprint density at radius 2 is 2.24 bits per heavy atom. The van der Waals surface area contributed by atoms with Crippen molar-refractivity contribution in [2.24, 2.45) is 0 Å². The number of rotatable bonds is 2. The smallest absolute Gasteiger partial charge is 0.145 e. The molecule has 4 heteroatoms. The molecule has 0 spiro atoms. The maximum atomic E-state index is 13.1. The first-order valence-electron chi connectivity index (χ1n) is 5.44. The normalized spacial score (nSPS) is 16.9. The molecule has 2 heterocycles. The lowest BCUT2D eigenvalue weighted by Crippen LogP contribution is -1.99. The van der Waals surface area contributed by atoms with E-state index in [2.05, 4.69) is 0 Å². The van der Waals surface area contributed by atoms with Gasteiger partial charge in [0.05, 0.1) is 6.61 Å². The van der Waals surface area contributed by atoms with Crippen molar-refractivity contribution in [2.45, 2.75) is 12.5 Å². The Balaban J connectivity index is 2.00. The molecule has 0 bridgehead atoms. The molecule has 1 aromatic heterocycles. The zero-order valence-electron chi connectivity index (χ0n) is 9.02. The molecule has 0 saturated carbocycles. The number of aliphatic hydroxyl groups is 1. The van der Waals surface area contributed by atoms with E-state index in [9.17, 15) is 9.50 Å². The predicted molar refractivity (Wildman–Crippen MR) is 65.4 cm³/mol. The molecular formula is C13H11FO2S. The lowest BCUT2D eigenvalue weighted by molar-refractivity contribution is 0.121. The predicted octanol–water partition coefficient (Wildman–Crippen LogP) is 3.38. The summed E-state index contributed by atoms with van der Waals surface area (Å²) in [7, 11) is 0. The van der Waals surface area contributed by atoms with E-state index in [-0.39, 0.29) is 5.82 Å². The maximum absolute atomic E-state index is 13.1. The molecule has 1 aliphatic heterocycles. The van der Waals surface area contributed by atoms with Crippen LogP contribution in [0.4, 0.5) is 4.39 Å². The monoisotopic (exact) mass is 250 g/mol. The lowest BCUT2D eigenvalue weighted by Gasteiger charge is -2.09. The number of thiophene rings is 1. The summed E-state index contributed by atoms with van der Waals surface area (Å²) >= 11 is 1.46. The number of benzene rings is 1. The number of hydrogen-bond acceptors (Lipinski definition) is 3. The van der Waals surface area contributed by atoms with Crippen LogP contribution in [0.5, 0.6) is 0 Å². The molecule has 1 aromatic carbocycles. The van der Waals surface area contributed by atoms with Crippen LogP contribution in [-0.4, -0.2) is 11.7 Å². The van der Waals surface area contributed by atoms with Crippen LogP contribution in [0.25, 0.3) is 10.1 Å². The Morgan fingerprint density at radius 1 is 1.35 bits per heavy atom. The average molecular weight is 250 g/mol. The summed E-state index contributed by atoms with van der Waals surface area (Å²) < 4.78 is 19.4. The minimum Gasteiger partial charge on any atom is -0.495 e. The van der Waals surface area contributed by atoms with Crippen molar-refractivity contribution in [3.05, 3.63) is 46.8 Å². The zero-order valence-corrected chi connectivity index (χ0v) is 9.84. The van der Waals surface area contributed by atoms with Crippen LogP contribution >= 0.6 is 11.3 Å². The van der Waals surface area contributed by atoms with E-state index in [0.29, 0.717) is 12.4 Å². The van der Waals surface area contributed by atoms with Gasteiger partial charge >= 0.3 is 0 Å². The summed E-state index contributed by atoms with van der Waals surface area (Å²) in [6.07, 6.45) is 2.01. The van der Waals surface area contributed by atoms with Gasteiger partial charge in [-0.3, -0.25) is 0 Å². The van der Waals surface area contributed by atoms with Gasteiger partial charge in [0.15, 0.2) is 0 Å². The van der Waals surface area contributed by atoms with Crippen LogP contribution in [0.2, 0.25) is 0 Å². The number of aliphatic hydroxyl groups excluding tert-OH is 1. The van der Waals surface area contributed by atoms with Gasteiger partial charge in [0, 0.05) is 16.0 Å². The highest BCUT2D eigenvalue weighted by Gasteiger charge is 2.20. The Morgan fingerprint density at radius 3 is 3.00 bits per heavy atom. The van der Waals surface area contributed by atoms with Gasteiger partial charge in [-0.1, -0.05) is 0 Å². The Hall–Kier alpha value is -1.39. The van der Waals surface area contributed by atoms with Crippen molar-refractivity contribution in [3.63, 3.8) is 0 Å². The quantitative estimate of drug-likeness (QED) is 0.885. The first-order chi connectivity index (χ1) is 8.24. The van der Waals surface area contributed by atoms with Crippen molar-refractivity contribution in [2.75, 3.05) is 6.61 Å². The van der Waals surface area contributed by atoms with Crippen LogP contribution in [-0.2, 0) is 4.74 Å². The molecule has 2 aromatic rings. The minimum atomic E-state index is -0.724. The van der Waals surface area contributed by atoms with E-state index < -0.39 is 6.10 Å². The molecular weight excluding hydrogens is 239 g/mol. The molecule has 0 aliphatic carbocycles. The second-order valence-corrected chi connectivity index (χ2v) is 5.09. The van der Waals surface area contributed by atoms with Crippen LogP contribution in [0.3, 0.4) is 0 Å². The molecule has 0 amide bonds. The number of hydrogen-bond donors (Lipinski definition) is 1. The number of fused-ring (bicyclic) bond motifs is 1. The second-order valence-electron chi connectivity index (χ2n) is 3.98. The van der Waals surface area contributed by atoms with E-state index in [1.165, 1.54) is 23.5 Å². The molecule has 1 atom stereocenters. The first-order valence-corrected chi connectivity index (χ1v) is 6.25. The average Bonchev–Trinajstić information content (AvgIpc) is 2.96. The highest BCUT2D eigenvalue weighted by molar-refractivity contribution is 7.19. The molecule has 1 aliphatic rings. The maximum Gasteiger partial charge on any atom is 0.145 e. The lowest BCUT2D eigenvalue weighted by atomic mass is 10.2. The molecule has 17 heavy (non-hydrogen) atoms. The molecule has 88 valence electrons. The molecule has 0 radical (unpaired) electrons. The molecule has 0 saturated heterocycles. The fourth-order valence-corrected chi connectivity index (χ4v) is 2.98. The summed E-state index contributed by atoms with van der Waals surface area (Å²) in [6.45, 7) is 0.631. The molecule has 3 rings (SSSR count). The van der Waals surface area contributed by atoms with Gasteiger partial charge in [0.25, 0.3) is 0 Å². The van der Waals surface area contributed by atoms with E-state index in [0.717, 1.165) is 21.4 Å². The third kappa shape index (κ3) is 1.94. The van der Waals surface area contributed by atoms with Crippen molar-refractivity contribution in [3.8, 4) is 0 Å². The molecule has 1 unspecified atom stereocenters. The zero-order chi connectivity index (χ0) is 11.8. The third-order valence-corrected chi connectivity index (χ3v) is 3.94. The fourth-order valence-electron chi connectivity index (χ4n) is 1.94. The van der Waals surface area contributed by atoms with Gasteiger partial charge in [-0.05, 0) is 35.7 Å². The van der Waals surface area contributed by atoms with Crippen molar-refractivity contribution >= 4 is 21.4 Å². The summed E-state index contributed by atoms with van der Waals surface area (Å²) in [6, 6.07) is 6.46. The molecule has 1 N–H and O–H groups in total. The molecule has 2 nitrogen and oxygen atoms in total. The summed E-state index contributed by atoms with van der Waals surface area (Å²) in [4.78, 5) is 0.791. The van der Waals surface area contributed by atoms with Crippen molar-refractivity contribution < 1.29 is 14.2 Å². The Kier molecular flexibility index (Phi) is 2.61. The van der Waals surface area contributed by atoms with Crippen LogP contribution in [0.15, 0.2) is 36.1 Å². The highest BCUT2D eigenvalue weighted by atomic mass is 32.1. The standard InChI is InChI=1S/C13H11FO2S/c14-9-3-4-11-8(6-9)7-12(17-11)13(15)10-2-1-5-16-10/h2-4,6-7,13,15H,1,5H2. The third-order valence-electron chi connectivity index (χ3n) is 2.77. The van der Waals surface area contributed by atoms with E-state index in [1.54, 1.807) is 6.07 Å². The van der Waals surface area contributed by atoms with Crippen molar-refractivity contribution in [1.82, 2.24) is 0 Å². The Bertz CT molecular complexity index is 588. The highest BCUT2D eigenvalue weighted by Crippen LogP contribution is 2.35. The van der Waals surface area contributed by atoms with Crippen molar-refractivity contribution in [1.29, 1.82) is 0 Å². The van der Waals surface area contributed by atoms with Gasteiger partial charge in [0.2, 0.25) is 0 Å². The van der Waals surface area contributed by atoms with E-state index in [1.807, 2.05) is 12.1 Å². The largest absolute Gasteiger partial charge is 0.495 e. The Labute approximate surface area is 102 Å². The summed E-state index contributed by atoms with van der Waals surface area (Å²) in [5.41, 5.74) is 0. The fraction of sp³-hybridized carbons (Fsp3) is 0.231. The van der Waals surface area contributed by atoms with Crippen LogP contribution < -0.4 is 0 Å². The number of ether oxygens (including phenoxy) is 1. The summed E-state index contributed by atoms with van der Waals surface area (Å²) in [5, 5.41) is 10.9.